The molecule has 8 heteroatoms. The third-order valence-electron chi connectivity index (χ3n) is 6.27. The topological polar surface area (TPSA) is 69.0 Å². The number of carbonyl (C=O) groups is 1. The van der Waals surface area contributed by atoms with Gasteiger partial charge in [0.25, 0.3) is 5.91 Å². The molecule has 37 heavy (non-hydrogen) atoms. The highest BCUT2D eigenvalue weighted by Crippen LogP contribution is 2.41. The van der Waals surface area contributed by atoms with Crippen LogP contribution in [-0.2, 0) is 6.54 Å². The van der Waals surface area contributed by atoms with E-state index in [9.17, 15) is 18.4 Å². The Kier molecular flexibility index (Phi) is 6.41. The summed E-state index contributed by atoms with van der Waals surface area (Å²) in [7, 11) is 1.51. The number of carbonyl (C=O) groups excluding carboxylic acids is 1. The van der Waals surface area contributed by atoms with Gasteiger partial charge in [-0.1, -0.05) is 32.0 Å². The number of rotatable bonds is 7. The van der Waals surface area contributed by atoms with Gasteiger partial charge in [0.15, 0.2) is 16.9 Å². The van der Waals surface area contributed by atoms with Crippen LogP contribution in [0.5, 0.6) is 11.5 Å². The van der Waals surface area contributed by atoms with Gasteiger partial charge in [-0.3, -0.25) is 9.59 Å². The zero-order valence-electron chi connectivity index (χ0n) is 20.6. The number of fused-ring (bicyclic) bond motifs is 2. The van der Waals surface area contributed by atoms with Crippen molar-refractivity contribution in [3.8, 4) is 11.5 Å². The highest BCUT2D eigenvalue weighted by atomic mass is 19.1. The third kappa shape index (κ3) is 4.55. The van der Waals surface area contributed by atoms with E-state index >= 15 is 0 Å². The molecule has 1 atom stereocenters. The minimum absolute atomic E-state index is 0.0454. The highest BCUT2D eigenvalue weighted by molar-refractivity contribution is 5.99. The molecule has 1 aliphatic rings. The van der Waals surface area contributed by atoms with Gasteiger partial charge in [-0.2, -0.15) is 0 Å². The standard InChI is InChI=1S/C29H25F2NO5/c1-16(2)15-36-23-10-6-18(12-24(23)35-3)26-25-27(33)21-13-20(31)9-11-22(21)37-28(25)29(34)32(26)14-17-4-7-19(30)8-5-17/h4-13,16,26H,14-15H2,1-3H3. The van der Waals surface area contributed by atoms with E-state index in [1.807, 2.05) is 13.8 Å². The second-order valence-corrected chi connectivity index (χ2v) is 9.39. The van der Waals surface area contributed by atoms with Crippen LogP contribution in [-0.4, -0.2) is 24.5 Å². The molecular formula is C29H25F2NO5. The van der Waals surface area contributed by atoms with E-state index < -0.39 is 29.0 Å². The van der Waals surface area contributed by atoms with E-state index in [0.717, 1.165) is 6.07 Å². The molecule has 0 fully saturated rings. The molecule has 1 amide bonds. The molecule has 0 saturated carbocycles. The van der Waals surface area contributed by atoms with Gasteiger partial charge in [-0.25, -0.2) is 8.78 Å². The van der Waals surface area contributed by atoms with Crippen molar-refractivity contribution in [2.75, 3.05) is 13.7 Å². The maximum absolute atomic E-state index is 14.0. The smallest absolute Gasteiger partial charge is 0.291 e. The lowest BCUT2D eigenvalue weighted by Gasteiger charge is -2.26. The van der Waals surface area contributed by atoms with Crippen LogP contribution in [0.4, 0.5) is 8.78 Å². The van der Waals surface area contributed by atoms with Gasteiger partial charge >= 0.3 is 0 Å². The Balaban J connectivity index is 1.67. The monoisotopic (exact) mass is 505 g/mol. The minimum Gasteiger partial charge on any atom is -0.493 e. The van der Waals surface area contributed by atoms with E-state index in [1.54, 1.807) is 30.3 Å². The Labute approximate surface area is 212 Å². The molecule has 0 N–H and O–H groups in total. The van der Waals surface area contributed by atoms with E-state index in [-0.39, 0.29) is 28.8 Å². The Morgan fingerprint density at radius 3 is 2.38 bits per heavy atom. The first kappa shape index (κ1) is 24.5. The van der Waals surface area contributed by atoms with Crippen molar-refractivity contribution in [3.63, 3.8) is 0 Å². The van der Waals surface area contributed by atoms with Crippen LogP contribution in [0.15, 0.2) is 69.9 Å². The number of halogens is 2. The van der Waals surface area contributed by atoms with Crippen LogP contribution < -0.4 is 14.9 Å². The summed E-state index contributed by atoms with van der Waals surface area (Å²) in [6, 6.07) is 13.8. The molecule has 2 heterocycles. The average Bonchev–Trinajstić information content (AvgIpc) is 3.16. The van der Waals surface area contributed by atoms with Crippen molar-refractivity contribution >= 4 is 16.9 Å². The normalized spacial score (nSPS) is 14.9. The lowest BCUT2D eigenvalue weighted by molar-refractivity contribution is 0.0714. The Morgan fingerprint density at radius 2 is 1.68 bits per heavy atom. The fraction of sp³-hybridized carbons (Fsp3) is 0.241. The molecule has 0 bridgehead atoms. The summed E-state index contributed by atoms with van der Waals surface area (Å²) in [6.45, 7) is 4.63. The SMILES string of the molecule is COc1cc(C2c3c(oc4ccc(F)cc4c3=O)C(=O)N2Cc2ccc(F)cc2)ccc1OCC(C)C. The molecule has 0 aliphatic carbocycles. The molecule has 0 spiro atoms. The maximum atomic E-state index is 14.0. The summed E-state index contributed by atoms with van der Waals surface area (Å²) in [5, 5.41) is 0.0454. The Hall–Kier alpha value is -4.20. The second-order valence-electron chi connectivity index (χ2n) is 9.39. The van der Waals surface area contributed by atoms with Crippen molar-refractivity contribution in [2.45, 2.75) is 26.4 Å². The summed E-state index contributed by atoms with van der Waals surface area (Å²) < 4.78 is 44.8. The van der Waals surface area contributed by atoms with E-state index in [0.29, 0.717) is 35.2 Å². The lowest BCUT2D eigenvalue weighted by Crippen LogP contribution is -2.29. The zero-order valence-corrected chi connectivity index (χ0v) is 20.6. The number of methoxy groups -OCH3 is 1. The minimum atomic E-state index is -0.843. The van der Waals surface area contributed by atoms with Crippen LogP contribution in [0.3, 0.4) is 0 Å². The molecular weight excluding hydrogens is 480 g/mol. The lowest BCUT2D eigenvalue weighted by atomic mass is 9.97. The first-order valence-corrected chi connectivity index (χ1v) is 11.9. The van der Waals surface area contributed by atoms with Gasteiger partial charge in [0.2, 0.25) is 5.76 Å². The molecule has 190 valence electrons. The Bertz CT molecular complexity index is 1540. The summed E-state index contributed by atoms with van der Waals surface area (Å²) >= 11 is 0. The number of ether oxygens (including phenoxy) is 2. The summed E-state index contributed by atoms with van der Waals surface area (Å²) in [5.74, 6) is -0.310. The Morgan fingerprint density at radius 1 is 0.946 bits per heavy atom. The van der Waals surface area contributed by atoms with Crippen molar-refractivity contribution in [2.24, 2.45) is 5.92 Å². The van der Waals surface area contributed by atoms with Crippen LogP contribution >= 0.6 is 0 Å². The van der Waals surface area contributed by atoms with Crippen LogP contribution in [0, 0.1) is 17.6 Å². The molecule has 1 unspecified atom stereocenters. The van der Waals surface area contributed by atoms with Gasteiger partial charge in [0, 0.05) is 6.54 Å². The summed E-state index contributed by atoms with van der Waals surface area (Å²) in [4.78, 5) is 28.7. The predicted molar refractivity (Wildman–Crippen MR) is 134 cm³/mol. The molecule has 3 aromatic carbocycles. The van der Waals surface area contributed by atoms with Gasteiger partial charge in [-0.15, -0.1) is 0 Å². The van der Waals surface area contributed by atoms with E-state index in [1.165, 1.54) is 36.3 Å². The maximum Gasteiger partial charge on any atom is 0.291 e. The second kappa shape index (κ2) is 9.69. The van der Waals surface area contributed by atoms with Crippen molar-refractivity contribution in [1.82, 2.24) is 4.90 Å². The predicted octanol–water partition coefficient (Wildman–Crippen LogP) is 5.86. The highest BCUT2D eigenvalue weighted by Gasteiger charge is 2.43. The number of benzene rings is 3. The van der Waals surface area contributed by atoms with E-state index in [4.69, 9.17) is 13.9 Å². The van der Waals surface area contributed by atoms with Crippen molar-refractivity contribution < 1.29 is 27.5 Å². The fourth-order valence-corrected chi connectivity index (χ4v) is 4.52. The van der Waals surface area contributed by atoms with Gasteiger partial charge in [0.1, 0.15) is 17.2 Å². The molecule has 0 saturated heterocycles. The number of amides is 1. The molecule has 4 aromatic rings. The van der Waals surface area contributed by atoms with Gasteiger partial charge in [-0.05, 0) is 59.5 Å². The summed E-state index contributed by atoms with van der Waals surface area (Å²) in [6.07, 6.45) is 0. The fourth-order valence-electron chi connectivity index (χ4n) is 4.52. The number of hydrogen-bond acceptors (Lipinski definition) is 5. The third-order valence-corrected chi connectivity index (χ3v) is 6.27. The van der Waals surface area contributed by atoms with Gasteiger partial charge in [0.05, 0.1) is 30.7 Å². The zero-order chi connectivity index (χ0) is 26.3. The first-order chi connectivity index (χ1) is 17.8. The quantitative estimate of drug-likeness (QED) is 0.315. The first-order valence-electron chi connectivity index (χ1n) is 11.9. The summed E-state index contributed by atoms with van der Waals surface area (Å²) in [5.41, 5.74) is 0.999. The van der Waals surface area contributed by atoms with Crippen LogP contribution in [0.1, 0.15) is 47.1 Å². The largest absolute Gasteiger partial charge is 0.493 e. The van der Waals surface area contributed by atoms with Crippen LogP contribution in [0.2, 0.25) is 0 Å². The van der Waals surface area contributed by atoms with Crippen LogP contribution in [0.25, 0.3) is 11.0 Å². The van der Waals surface area contributed by atoms with E-state index in [2.05, 4.69) is 0 Å². The molecule has 1 aliphatic heterocycles. The molecule has 0 radical (unpaired) electrons. The van der Waals surface area contributed by atoms with Gasteiger partial charge < -0.3 is 18.8 Å². The van der Waals surface area contributed by atoms with Crippen molar-refractivity contribution in [3.05, 3.63) is 105 Å². The van der Waals surface area contributed by atoms with Crippen molar-refractivity contribution in [1.29, 1.82) is 0 Å². The molecule has 1 aromatic heterocycles. The molecule has 5 rings (SSSR count). The number of nitrogens with zero attached hydrogens (tertiary/aromatic N) is 1. The average molecular weight is 506 g/mol. The number of hydrogen-bond donors (Lipinski definition) is 0. The molecule has 6 nitrogen and oxygen atoms in total.